The molecule has 2 saturated heterocycles. The van der Waals surface area contributed by atoms with E-state index in [1.165, 1.54) is 21.2 Å². The van der Waals surface area contributed by atoms with Crippen LogP contribution in [0.3, 0.4) is 0 Å². The van der Waals surface area contributed by atoms with Gasteiger partial charge in [-0.3, -0.25) is 14.6 Å². The number of hydrogen-bond donors (Lipinski definition) is 0. The predicted octanol–water partition coefficient (Wildman–Crippen LogP) is 6.64. The number of piperidine rings is 1. The molecule has 0 bridgehead atoms. The van der Waals surface area contributed by atoms with Gasteiger partial charge in [0.05, 0.1) is 13.7 Å². The molecular weight excluding hydrogens is 548 g/mol. The van der Waals surface area contributed by atoms with Gasteiger partial charge in [0.1, 0.15) is 11.3 Å². The highest BCUT2D eigenvalue weighted by Gasteiger charge is 2.57. The third-order valence-electron chi connectivity index (χ3n) is 9.21. The van der Waals surface area contributed by atoms with Gasteiger partial charge >= 0.3 is 6.03 Å². The van der Waals surface area contributed by atoms with E-state index in [1.54, 1.807) is 7.11 Å². The molecule has 1 spiro atoms. The van der Waals surface area contributed by atoms with E-state index in [0.29, 0.717) is 25.1 Å². The van der Waals surface area contributed by atoms with Gasteiger partial charge in [-0.15, -0.1) is 0 Å². The molecule has 0 saturated carbocycles. The Morgan fingerprint density at radius 1 is 0.727 bits per heavy atom. The first kappa shape index (κ1) is 27.9. The number of carbonyl (C=O) groups is 2. The van der Waals surface area contributed by atoms with Crippen molar-refractivity contribution in [2.75, 3.05) is 20.2 Å². The number of rotatable bonds is 8. The maximum Gasteiger partial charge on any atom is 0.328 e. The number of likely N-dealkylation sites (tertiary alicyclic amines) is 1. The van der Waals surface area contributed by atoms with Crippen molar-refractivity contribution in [3.05, 3.63) is 132 Å². The summed E-state index contributed by atoms with van der Waals surface area (Å²) in [7, 11) is 1.62. The Labute approximate surface area is 257 Å². The highest BCUT2D eigenvalue weighted by atomic mass is 16.5. The summed E-state index contributed by atoms with van der Waals surface area (Å²) in [5.74, 6) is 0.605. The van der Waals surface area contributed by atoms with Gasteiger partial charge in [-0.2, -0.15) is 0 Å². The Hall–Kier alpha value is -4.88. The lowest BCUT2D eigenvalue weighted by atomic mass is 9.85. The largest absolute Gasteiger partial charge is 0.497 e. The van der Waals surface area contributed by atoms with Gasteiger partial charge in [-0.1, -0.05) is 66.7 Å². The first-order chi connectivity index (χ1) is 21.5. The van der Waals surface area contributed by atoms with Crippen LogP contribution in [0.25, 0.3) is 16.5 Å². The van der Waals surface area contributed by atoms with Gasteiger partial charge in [0.2, 0.25) is 0 Å². The third kappa shape index (κ3) is 5.13. The lowest BCUT2D eigenvalue weighted by molar-refractivity contribution is -0.136. The smallest absolute Gasteiger partial charge is 0.328 e. The number of amides is 3. The molecule has 0 radical (unpaired) electrons. The van der Waals surface area contributed by atoms with Crippen molar-refractivity contribution < 1.29 is 14.3 Å². The van der Waals surface area contributed by atoms with Crippen LogP contribution in [0.4, 0.5) is 4.79 Å². The van der Waals surface area contributed by atoms with E-state index in [9.17, 15) is 9.59 Å². The summed E-state index contributed by atoms with van der Waals surface area (Å²) >= 11 is 0. The third-order valence-corrected chi connectivity index (χ3v) is 9.21. The minimum absolute atomic E-state index is 0.100. The van der Waals surface area contributed by atoms with Crippen LogP contribution in [0.2, 0.25) is 0 Å². The standard InChI is InChI=1S/C37H36N4O3/c1-44-33-15-7-10-29(24-33)25-40-35(42)37(41(36(40)43)26-28-9-6-14-32(23-28)39-19-4-5-20-39)17-21-38(22-18-37)27-31-13-8-12-30-11-2-3-16-34(30)31/h2-16,19-20,23-24H,17-18,21-22,25-27H2,1H3. The number of urea groups is 1. The normalized spacial score (nSPS) is 16.8. The number of aromatic nitrogens is 1. The SMILES string of the molecule is COc1cccc(CN2C(=O)N(Cc3cccc(-n4cccc4)c3)C3(CCN(Cc4cccc5ccccc45)CC3)C2=O)c1. The van der Waals surface area contributed by atoms with Crippen LogP contribution in [0.5, 0.6) is 5.75 Å². The van der Waals surface area contributed by atoms with E-state index in [1.807, 2.05) is 65.8 Å². The summed E-state index contributed by atoms with van der Waals surface area (Å²) in [5.41, 5.74) is 3.29. The second-order valence-electron chi connectivity index (χ2n) is 11.8. The molecule has 2 aliphatic rings. The van der Waals surface area contributed by atoms with Crippen molar-refractivity contribution in [1.29, 1.82) is 0 Å². The Kier molecular flexibility index (Phi) is 7.40. The zero-order valence-electron chi connectivity index (χ0n) is 24.9. The van der Waals surface area contributed by atoms with E-state index in [0.717, 1.165) is 36.4 Å². The van der Waals surface area contributed by atoms with E-state index < -0.39 is 5.54 Å². The summed E-state index contributed by atoms with van der Waals surface area (Å²) < 4.78 is 7.46. The van der Waals surface area contributed by atoms with Gasteiger partial charge in [-0.25, -0.2) is 4.79 Å². The Morgan fingerprint density at radius 2 is 1.43 bits per heavy atom. The van der Waals surface area contributed by atoms with Crippen molar-refractivity contribution >= 4 is 22.7 Å². The van der Waals surface area contributed by atoms with Crippen LogP contribution in [-0.2, 0) is 24.4 Å². The van der Waals surface area contributed by atoms with E-state index in [-0.39, 0.29) is 18.5 Å². The van der Waals surface area contributed by atoms with E-state index in [2.05, 4.69) is 64.1 Å². The quantitative estimate of drug-likeness (QED) is 0.192. The maximum atomic E-state index is 14.4. The molecule has 0 atom stereocenters. The molecule has 1 aromatic heterocycles. The number of ether oxygens (including phenoxy) is 1. The fourth-order valence-electron chi connectivity index (χ4n) is 6.83. The predicted molar refractivity (Wildman–Crippen MR) is 171 cm³/mol. The fourth-order valence-corrected chi connectivity index (χ4v) is 6.83. The summed E-state index contributed by atoms with van der Waals surface area (Å²) in [6, 6.07) is 34.5. The van der Waals surface area contributed by atoms with Crippen LogP contribution in [0, 0.1) is 0 Å². The summed E-state index contributed by atoms with van der Waals surface area (Å²) in [6.07, 6.45) is 5.20. The molecule has 7 rings (SSSR count). The minimum Gasteiger partial charge on any atom is -0.497 e. The molecule has 5 aromatic rings. The summed E-state index contributed by atoms with van der Waals surface area (Å²) in [4.78, 5) is 34.2. The lowest BCUT2D eigenvalue weighted by Crippen LogP contribution is -2.56. The number of hydrogen-bond acceptors (Lipinski definition) is 4. The molecule has 3 amide bonds. The zero-order valence-corrected chi connectivity index (χ0v) is 24.9. The average Bonchev–Trinajstić information content (AvgIpc) is 3.67. The topological polar surface area (TPSA) is 58.0 Å². The highest BCUT2D eigenvalue weighted by molar-refractivity contribution is 6.07. The van der Waals surface area contributed by atoms with Crippen LogP contribution < -0.4 is 4.74 Å². The zero-order chi connectivity index (χ0) is 30.1. The maximum absolute atomic E-state index is 14.4. The first-order valence-corrected chi connectivity index (χ1v) is 15.2. The van der Waals surface area contributed by atoms with Gasteiger partial charge in [-0.05, 0) is 76.7 Å². The molecule has 2 aliphatic heterocycles. The number of imide groups is 1. The van der Waals surface area contributed by atoms with Gasteiger partial charge < -0.3 is 14.2 Å². The summed E-state index contributed by atoms with van der Waals surface area (Å²) in [5, 5.41) is 2.49. The highest BCUT2D eigenvalue weighted by Crippen LogP contribution is 2.40. The number of fused-ring (bicyclic) bond motifs is 1. The molecule has 7 nitrogen and oxygen atoms in total. The van der Waals surface area contributed by atoms with Gasteiger partial charge in [0.25, 0.3) is 5.91 Å². The van der Waals surface area contributed by atoms with Gasteiger partial charge in [0.15, 0.2) is 0 Å². The summed E-state index contributed by atoms with van der Waals surface area (Å²) in [6.45, 7) is 2.87. The number of carbonyl (C=O) groups excluding carboxylic acids is 2. The van der Waals surface area contributed by atoms with Crippen molar-refractivity contribution in [2.45, 2.75) is 38.0 Å². The number of nitrogens with zero attached hydrogens (tertiary/aromatic N) is 4. The van der Waals surface area contributed by atoms with Crippen LogP contribution >= 0.6 is 0 Å². The molecule has 4 aromatic carbocycles. The molecule has 7 heteroatoms. The molecule has 0 aliphatic carbocycles. The number of methoxy groups -OCH3 is 1. The molecule has 2 fully saturated rings. The number of benzene rings is 4. The van der Waals surface area contributed by atoms with Crippen molar-refractivity contribution in [3.8, 4) is 11.4 Å². The van der Waals surface area contributed by atoms with Gasteiger partial charge in [0, 0.05) is 44.3 Å². The average molecular weight is 585 g/mol. The Bertz CT molecular complexity index is 1800. The molecule has 0 unspecified atom stereocenters. The Morgan fingerprint density at radius 3 is 2.23 bits per heavy atom. The second-order valence-corrected chi connectivity index (χ2v) is 11.8. The molecule has 222 valence electrons. The lowest BCUT2D eigenvalue weighted by Gasteiger charge is -2.42. The van der Waals surface area contributed by atoms with Crippen LogP contribution in [-0.4, -0.2) is 56.9 Å². The fraction of sp³-hybridized carbons (Fsp3) is 0.243. The second kappa shape index (κ2) is 11.7. The van der Waals surface area contributed by atoms with Crippen molar-refractivity contribution in [3.63, 3.8) is 0 Å². The molecule has 44 heavy (non-hydrogen) atoms. The van der Waals surface area contributed by atoms with Crippen LogP contribution in [0.15, 0.2) is 116 Å². The van der Waals surface area contributed by atoms with E-state index >= 15 is 0 Å². The molecular formula is C37H36N4O3. The monoisotopic (exact) mass is 584 g/mol. The van der Waals surface area contributed by atoms with E-state index in [4.69, 9.17) is 4.74 Å². The van der Waals surface area contributed by atoms with Crippen LogP contribution in [0.1, 0.15) is 29.5 Å². The molecule has 3 heterocycles. The first-order valence-electron chi connectivity index (χ1n) is 15.2. The van der Waals surface area contributed by atoms with Crippen molar-refractivity contribution in [2.24, 2.45) is 0 Å². The van der Waals surface area contributed by atoms with Crippen molar-refractivity contribution in [1.82, 2.24) is 19.3 Å². The Balaban J connectivity index is 1.17. The molecule has 0 N–H and O–H groups in total. The minimum atomic E-state index is -0.880.